The number of rotatable bonds is 28. The predicted molar refractivity (Wildman–Crippen MR) is 269 cm³/mol. The highest BCUT2D eigenvalue weighted by Crippen LogP contribution is 2.39. The van der Waals surface area contributed by atoms with Gasteiger partial charge in [0.05, 0.1) is 43.7 Å². The van der Waals surface area contributed by atoms with Crippen LogP contribution in [0.4, 0.5) is 0 Å². The second-order valence-electron chi connectivity index (χ2n) is 22.3. The summed E-state index contributed by atoms with van der Waals surface area (Å²) in [6, 6.07) is 0. The Morgan fingerprint density at radius 3 is 1.20 bits per heavy atom. The maximum absolute atomic E-state index is 12.4. The van der Waals surface area contributed by atoms with Crippen LogP contribution in [0.5, 0.6) is 0 Å². The van der Waals surface area contributed by atoms with Gasteiger partial charge in [-0.05, 0) is 47.0 Å². The topological polar surface area (TPSA) is 452 Å². The Morgan fingerprint density at radius 1 is 0.370 bits per heavy atom. The van der Waals surface area contributed by atoms with E-state index in [-0.39, 0.29) is 6.42 Å². The van der Waals surface area contributed by atoms with E-state index < -0.39 is 210 Å². The molecule has 0 bridgehead atoms. The van der Waals surface area contributed by atoms with Gasteiger partial charge in [0.2, 0.25) is 0 Å². The molecule has 0 aliphatic carbocycles. The molecule has 81 heavy (non-hydrogen) atoms. The van der Waals surface area contributed by atoms with Crippen molar-refractivity contribution < 1.29 is 143 Å². The minimum atomic E-state index is -2.20. The van der Waals surface area contributed by atoms with E-state index >= 15 is 0 Å². The molecule has 6 rings (SSSR count). The van der Waals surface area contributed by atoms with E-state index in [1.165, 1.54) is 27.7 Å². The summed E-state index contributed by atoms with van der Waals surface area (Å²) in [7, 11) is 0. The second kappa shape index (κ2) is 31.9. The Balaban J connectivity index is 1.28. The molecular weight excluding hydrogens is 1090 g/mol. The lowest BCUT2D eigenvalue weighted by molar-refractivity contribution is -0.414. The molecule has 0 saturated carbocycles. The maximum Gasteiger partial charge on any atom is 0.303 e. The SMILES string of the molecule is CCCCC[C@@H](CCCCCCCCCC(=O)O)O[C@@H]1O[C@H](C)[C@@H](O)[C@H](O)[C@H]1O[C@@H]1O[C@H](CO)[C@@H](O)[C@H](O)[C@H]1O[C@@H]1O[C@@H](C)[C@H](O[C@@H]2O[C@H](C)[C@H](O)[C@H](O)[C@H]2O)[C@@H](O[C@@H]2O[C@H](CO)[C@@H](O)[C@H](O)[C@H]2O[C@@H]2O[C@H](C)[C@@H](O)[C@H](O)[C@H]2O)[C@H]1O. The summed E-state index contributed by atoms with van der Waals surface area (Å²) in [6.07, 6.45) is -42.9. The summed E-state index contributed by atoms with van der Waals surface area (Å²) in [6.45, 7) is 5.82. The maximum atomic E-state index is 12.4. The van der Waals surface area contributed by atoms with Crippen molar-refractivity contribution in [2.75, 3.05) is 13.2 Å². The summed E-state index contributed by atoms with van der Waals surface area (Å²) >= 11 is 0. The minimum absolute atomic E-state index is 0.129. The van der Waals surface area contributed by atoms with Gasteiger partial charge in [0.15, 0.2) is 37.7 Å². The Kier molecular flexibility index (Phi) is 26.9. The molecule has 0 radical (unpaired) electrons. The van der Waals surface area contributed by atoms with Crippen molar-refractivity contribution in [1.82, 2.24) is 0 Å². The Labute approximate surface area is 470 Å². The van der Waals surface area contributed by atoms with Gasteiger partial charge < -0.3 is 139 Å². The van der Waals surface area contributed by atoms with Crippen LogP contribution in [0, 0.1) is 0 Å². The average molecular weight is 1180 g/mol. The molecule has 6 heterocycles. The zero-order valence-electron chi connectivity index (χ0n) is 46.5. The summed E-state index contributed by atoms with van der Waals surface area (Å²) in [4.78, 5) is 10.9. The molecule has 16 N–H and O–H groups in total. The van der Waals surface area contributed by atoms with Gasteiger partial charge in [-0.3, -0.25) is 4.79 Å². The molecule has 0 spiro atoms. The number of unbranched alkanes of at least 4 members (excludes halogenated alkanes) is 8. The third-order valence-electron chi connectivity index (χ3n) is 16.1. The van der Waals surface area contributed by atoms with Crippen molar-refractivity contribution >= 4 is 5.97 Å². The zero-order valence-corrected chi connectivity index (χ0v) is 46.5. The van der Waals surface area contributed by atoms with Crippen LogP contribution in [0.1, 0.15) is 118 Å². The summed E-state index contributed by atoms with van der Waals surface area (Å²) < 4.78 is 73.1. The number of hydrogen-bond acceptors (Lipinski definition) is 28. The van der Waals surface area contributed by atoms with Crippen LogP contribution in [0.15, 0.2) is 0 Å². The van der Waals surface area contributed by atoms with Crippen LogP contribution in [0.3, 0.4) is 0 Å². The Morgan fingerprint density at radius 2 is 0.728 bits per heavy atom. The first-order valence-corrected chi connectivity index (χ1v) is 28.6. The number of aliphatic hydroxyl groups is 15. The molecule has 0 unspecified atom stereocenters. The lowest BCUT2D eigenvalue weighted by Gasteiger charge is -2.51. The predicted octanol–water partition coefficient (Wildman–Crippen LogP) is -4.42. The van der Waals surface area contributed by atoms with Crippen LogP contribution < -0.4 is 0 Å². The molecule has 31 atom stereocenters. The van der Waals surface area contributed by atoms with E-state index in [1.54, 1.807) is 0 Å². The molecule has 0 aromatic rings. The molecule has 6 aliphatic heterocycles. The Bertz CT molecular complexity index is 1830. The lowest BCUT2D eigenvalue weighted by atomic mass is 9.95. The van der Waals surface area contributed by atoms with Crippen LogP contribution in [0.25, 0.3) is 0 Å². The number of carboxylic acids is 1. The quantitative estimate of drug-likeness (QED) is 0.0329. The summed E-state index contributed by atoms with van der Waals surface area (Å²) in [5, 5.41) is 174. The first kappa shape index (κ1) is 68.5. The van der Waals surface area contributed by atoms with E-state index in [4.69, 9.17) is 61.9 Å². The number of hydrogen-bond donors (Lipinski definition) is 16. The van der Waals surface area contributed by atoms with Crippen molar-refractivity contribution in [2.45, 2.75) is 308 Å². The smallest absolute Gasteiger partial charge is 0.303 e. The van der Waals surface area contributed by atoms with Crippen LogP contribution in [-0.2, 0) is 61.6 Å². The molecule has 0 aromatic carbocycles. The van der Waals surface area contributed by atoms with Crippen LogP contribution in [0.2, 0.25) is 0 Å². The fourth-order valence-electron chi connectivity index (χ4n) is 11.0. The van der Waals surface area contributed by atoms with Gasteiger partial charge in [-0.25, -0.2) is 0 Å². The third kappa shape index (κ3) is 17.1. The van der Waals surface area contributed by atoms with Gasteiger partial charge in [-0.1, -0.05) is 64.7 Å². The molecule has 0 amide bonds. The molecule has 0 aromatic heterocycles. The molecule has 6 aliphatic rings. The van der Waals surface area contributed by atoms with Gasteiger partial charge in [0.1, 0.15) is 122 Å². The largest absolute Gasteiger partial charge is 0.481 e. The molecule has 29 heteroatoms. The van der Waals surface area contributed by atoms with E-state index in [1.807, 2.05) is 6.92 Å². The fraction of sp³-hybridized carbons (Fsp3) is 0.981. The van der Waals surface area contributed by atoms with Gasteiger partial charge >= 0.3 is 5.97 Å². The number of ether oxygens (including phenoxy) is 12. The zero-order chi connectivity index (χ0) is 59.6. The molecular formula is C52H92O29. The van der Waals surface area contributed by atoms with Crippen LogP contribution in [-0.4, -0.2) is 291 Å². The van der Waals surface area contributed by atoms with Crippen molar-refractivity contribution in [1.29, 1.82) is 0 Å². The van der Waals surface area contributed by atoms with Gasteiger partial charge in [-0.15, -0.1) is 0 Å². The molecule has 29 nitrogen and oxygen atoms in total. The number of aliphatic hydroxyl groups excluding tert-OH is 15. The first-order valence-electron chi connectivity index (χ1n) is 28.6. The average Bonchev–Trinajstić information content (AvgIpc) is 3.52. The fourth-order valence-corrected chi connectivity index (χ4v) is 11.0. The number of carbonyl (C=O) groups is 1. The molecule has 6 fully saturated rings. The second-order valence-corrected chi connectivity index (χ2v) is 22.3. The first-order chi connectivity index (χ1) is 38.4. The third-order valence-corrected chi connectivity index (χ3v) is 16.1. The van der Waals surface area contributed by atoms with E-state index in [0.717, 1.165) is 57.8 Å². The van der Waals surface area contributed by atoms with Gasteiger partial charge in [-0.2, -0.15) is 0 Å². The van der Waals surface area contributed by atoms with Crippen molar-refractivity contribution in [3.05, 3.63) is 0 Å². The summed E-state index contributed by atoms with van der Waals surface area (Å²) in [5.74, 6) is -0.823. The molecule has 474 valence electrons. The summed E-state index contributed by atoms with van der Waals surface area (Å²) in [5.41, 5.74) is 0. The Hall–Kier alpha value is -1.61. The van der Waals surface area contributed by atoms with Crippen LogP contribution >= 0.6 is 0 Å². The highest BCUT2D eigenvalue weighted by molar-refractivity contribution is 5.66. The molecule has 6 saturated heterocycles. The number of aliphatic carboxylic acids is 1. The normalized spacial score (nSPS) is 46.6. The van der Waals surface area contributed by atoms with Crippen molar-refractivity contribution in [2.24, 2.45) is 0 Å². The van der Waals surface area contributed by atoms with Gasteiger partial charge in [0.25, 0.3) is 0 Å². The minimum Gasteiger partial charge on any atom is -0.481 e. The van der Waals surface area contributed by atoms with Crippen molar-refractivity contribution in [3.8, 4) is 0 Å². The lowest BCUT2D eigenvalue weighted by Crippen LogP contribution is -2.69. The highest BCUT2D eigenvalue weighted by atomic mass is 16.8. The number of carboxylic acid groups (broad SMARTS) is 1. The highest BCUT2D eigenvalue weighted by Gasteiger charge is 2.58. The van der Waals surface area contributed by atoms with E-state index in [0.29, 0.717) is 19.3 Å². The standard InChI is InChI=1S/C52H92O29/c1-6-7-13-16-25(17-14-11-9-8-10-12-15-18-28(55)56)74-50-44(36(64)31(59)23(4)72-50)81-52-46(38(66)33(61)27(20-54)76-52)80-49-41(69)43(42(24(5)73-49)77-47-39(67)34(62)29(57)21(2)70-47)78-51-45(37(65)32(60)26(19-53)75-51)79-48-40(68)35(63)30(58)22(3)71-48/h21-27,29-54,57-69H,6-20H2,1-5H3,(H,55,56)/t21-,22-,23-,24+,25+,26-,27-,29+,30-,31-,32-,33-,34+,35+,36+,37+,38+,39-,40-,41-,42+,43+,44-,45-,46-,47+,48+,49+,50+,51+,52+/m1/s1. The van der Waals surface area contributed by atoms with E-state index in [9.17, 15) is 81.4 Å². The van der Waals surface area contributed by atoms with Crippen molar-refractivity contribution in [3.63, 3.8) is 0 Å². The monoisotopic (exact) mass is 1180 g/mol. The van der Waals surface area contributed by atoms with Gasteiger partial charge in [0, 0.05) is 6.42 Å². The van der Waals surface area contributed by atoms with E-state index in [2.05, 4.69) is 0 Å².